The van der Waals surface area contributed by atoms with E-state index in [0.717, 1.165) is 6.07 Å². The average molecular weight is 227 g/mol. The fraction of sp³-hybridized carbons (Fsp3) is 0.429. The van der Waals surface area contributed by atoms with Crippen LogP contribution in [0.5, 0.6) is 5.75 Å². The number of rotatable bonds is 2. The number of halogens is 4. The van der Waals surface area contributed by atoms with Gasteiger partial charge in [-0.25, -0.2) is 0 Å². The summed E-state index contributed by atoms with van der Waals surface area (Å²) in [6.07, 6.45) is -4.58. The van der Waals surface area contributed by atoms with E-state index in [1.807, 2.05) is 0 Å². The van der Waals surface area contributed by atoms with Crippen LogP contribution < -0.4 is 4.74 Å². The lowest BCUT2D eigenvalue weighted by Gasteiger charge is -2.10. The van der Waals surface area contributed by atoms with Crippen molar-refractivity contribution in [2.24, 2.45) is 0 Å². The first kappa shape index (κ1) is 11.0. The molecule has 1 rings (SSSR count). The van der Waals surface area contributed by atoms with Gasteiger partial charge in [0.05, 0.1) is 6.61 Å². The molecular formula is C7H6ClF3N2O. The first-order valence-electron chi connectivity index (χ1n) is 3.68. The van der Waals surface area contributed by atoms with Gasteiger partial charge in [0.2, 0.25) is 5.69 Å². The van der Waals surface area contributed by atoms with Crippen molar-refractivity contribution >= 4 is 11.6 Å². The van der Waals surface area contributed by atoms with Crippen molar-refractivity contribution in [3.63, 3.8) is 0 Å². The average Bonchev–Trinajstić information content (AvgIpc) is 2.02. The van der Waals surface area contributed by atoms with E-state index in [-0.39, 0.29) is 11.8 Å². The number of aromatic nitrogens is 2. The predicted octanol–water partition coefficient (Wildman–Crippen LogP) is 2.55. The zero-order valence-electron chi connectivity index (χ0n) is 7.10. The van der Waals surface area contributed by atoms with Crippen LogP contribution in [0.15, 0.2) is 6.07 Å². The molecule has 0 spiro atoms. The smallest absolute Gasteiger partial charge is 0.438 e. The van der Waals surface area contributed by atoms with Gasteiger partial charge in [-0.1, -0.05) is 11.6 Å². The Morgan fingerprint density at radius 1 is 1.43 bits per heavy atom. The Kier molecular flexibility index (Phi) is 3.15. The molecule has 0 saturated heterocycles. The molecule has 78 valence electrons. The van der Waals surface area contributed by atoms with Crippen LogP contribution in [-0.2, 0) is 6.18 Å². The molecule has 0 saturated carbocycles. The largest absolute Gasteiger partial charge is 0.491 e. The molecule has 0 unspecified atom stereocenters. The van der Waals surface area contributed by atoms with E-state index >= 15 is 0 Å². The van der Waals surface area contributed by atoms with Gasteiger partial charge >= 0.3 is 6.18 Å². The monoisotopic (exact) mass is 226 g/mol. The van der Waals surface area contributed by atoms with Gasteiger partial charge in [0, 0.05) is 6.07 Å². The molecule has 1 aromatic rings. The van der Waals surface area contributed by atoms with Crippen LogP contribution in [0.25, 0.3) is 0 Å². The van der Waals surface area contributed by atoms with Gasteiger partial charge < -0.3 is 4.74 Å². The standard InChI is InChI=1S/C7H6ClF3N2O/c1-2-14-4-3-5(8)12-13-6(4)7(9,10)11/h3H,2H2,1H3. The second-order valence-electron chi connectivity index (χ2n) is 2.31. The Labute approximate surface area is 82.8 Å². The maximum absolute atomic E-state index is 12.3. The van der Waals surface area contributed by atoms with Crippen LogP contribution >= 0.6 is 11.6 Å². The fourth-order valence-electron chi connectivity index (χ4n) is 0.814. The van der Waals surface area contributed by atoms with Gasteiger partial charge in [-0.3, -0.25) is 0 Å². The van der Waals surface area contributed by atoms with Gasteiger partial charge in [-0.15, -0.1) is 10.2 Å². The molecule has 7 heteroatoms. The molecule has 1 heterocycles. The molecule has 1 aromatic heterocycles. The summed E-state index contributed by atoms with van der Waals surface area (Å²) < 4.78 is 41.6. The lowest BCUT2D eigenvalue weighted by Crippen LogP contribution is -2.12. The maximum Gasteiger partial charge on any atom is 0.438 e. The lowest BCUT2D eigenvalue weighted by molar-refractivity contribution is -0.143. The van der Waals surface area contributed by atoms with Crippen molar-refractivity contribution in [3.05, 3.63) is 16.9 Å². The molecule has 0 fully saturated rings. The van der Waals surface area contributed by atoms with E-state index in [1.54, 1.807) is 6.92 Å². The molecule has 0 amide bonds. The van der Waals surface area contributed by atoms with Gasteiger partial charge in [0.25, 0.3) is 0 Å². The summed E-state index contributed by atoms with van der Waals surface area (Å²) in [5.41, 5.74) is -1.16. The second-order valence-corrected chi connectivity index (χ2v) is 2.70. The Hall–Kier alpha value is -1.04. The highest BCUT2D eigenvalue weighted by Crippen LogP contribution is 2.34. The summed E-state index contributed by atoms with van der Waals surface area (Å²) in [5, 5.41) is 5.90. The summed E-state index contributed by atoms with van der Waals surface area (Å²) in [7, 11) is 0. The third-order valence-electron chi connectivity index (χ3n) is 1.30. The highest BCUT2D eigenvalue weighted by atomic mass is 35.5. The molecule has 3 nitrogen and oxygen atoms in total. The van der Waals surface area contributed by atoms with E-state index in [1.165, 1.54) is 0 Å². The summed E-state index contributed by atoms with van der Waals surface area (Å²) in [6, 6.07) is 0.987. The van der Waals surface area contributed by atoms with Crippen LogP contribution in [-0.4, -0.2) is 16.8 Å². The van der Waals surface area contributed by atoms with Gasteiger partial charge in [0.1, 0.15) is 0 Å². The minimum Gasteiger partial charge on any atom is -0.491 e. The molecule has 0 aromatic carbocycles. The summed E-state index contributed by atoms with van der Waals surface area (Å²) in [6.45, 7) is 1.67. The Bertz CT molecular complexity index is 329. The zero-order chi connectivity index (χ0) is 10.8. The van der Waals surface area contributed by atoms with Gasteiger partial charge in [0.15, 0.2) is 10.9 Å². The van der Waals surface area contributed by atoms with Crippen LogP contribution in [0.3, 0.4) is 0 Å². The second kappa shape index (κ2) is 4.00. The van der Waals surface area contributed by atoms with Gasteiger partial charge in [-0.05, 0) is 6.92 Å². The van der Waals surface area contributed by atoms with Crippen molar-refractivity contribution in [1.82, 2.24) is 10.2 Å². The van der Waals surface area contributed by atoms with E-state index in [9.17, 15) is 13.2 Å². The lowest BCUT2D eigenvalue weighted by atomic mass is 10.3. The van der Waals surface area contributed by atoms with Crippen molar-refractivity contribution in [2.75, 3.05) is 6.61 Å². The third-order valence-corrected chi connectivity index (χ3v) is 1.48. The van der Waals surface area contributed by atoms with Crippen LogP contribution in [0, 0.1) is 0 Å². The summed E-state index contributed by atoms with van der Waals surface area (Å²) in [5.74, 6) is -0.403. The Morgan fingerprint density at radius 3 is 2.57 bits per heavy atom. The first-order valence-corrected chi connectivity index (χ1v) is 4.06. The molecule has 0 radical (unpaired) electrons. The molecule has 0 atom stereocenters. The van der Waals surface area contributed by atoms with E-state index < -0.39 is 17.6 Å². The van der Waals surface area contributed by atoms with Crippen molar-refractivity contribution < 1.29 is 17.9 Å². The van der Waals surface area contributed by atoms with E-state index in [2.05, 4.69) is 10.2 Å². The number of nitrogens with zero attached hydrogens (tertiary/aromatic N) is 2. The maximum atomic E-state index is 12.3. The molecule has 0 N–H and O–H groups in total. The van der Waals surface area contributed by atoms with Gasteiger partial charge in [-0.2, -0.15) is 13.2 Å². The summed E-state index contributed by atoms with van der Waals surface area (Å²) >= 11 is 5.38. The summed E-state index contributed by atoms with van der Waals surface area (Å²) in [4.78, 5) is 0. The van der Waals surface area contributed by atoms with E-state index in [0.29, 0.717) is 0 Å². The molecule has 0 bridgehead atoms. The number of hydrogen-bond acceptors (Lipinski definition) is 3. The topological polar surface area (TPSA) is 35.0 Å². The highest BCUT2D eigenvalue weighted by Gasteiger charge is 2.37. The minimum absolute atomic E-state index is 0.102. The van der Waals surface area contributed by atoms with Crippen LogP contribution in [0.4, 0.5) is 13.2 Å². The van der Waals surface area contributed by atoms with E-state index in [4.69, 9.17) is 16.3 Å². The quantitative estimate of drug-likeness (QED) is 0.777. The Morgan fingerprint density at radius 2 is 2.07 bits per heavy atom. The number of alkyl halides is 3. The number of hydrogen-bond donors (Lipinski definition) is 0. The molecule has 0 aliphatic carbocycles. The van der Waals surface area contributed by atoms with Crippen molar-refractivity contribution in [1.29, 1.82) is 0 Å². The van der Waals surface area contributed by atoms with Crippen molar-refractivity contribution in [3.8, 4) is 5.75 Å². The highest BCUT2D eigenvalue weighted by molar-refractivity contribution is 6.29. The fourth-order valence-corrected chi connectivity index (χ4v) is 0.951. The first-order chi connectivity index (χ1) is 6.45. The van der Waals surface area contributed by atoms with Crippen LogP contribution in [0.1, 0.15) is 12.6 Å². The number of ether oxygens (including phenoxy) is 1. The minimum atomic E-state index is -4.58. The Balaban J connectivity index is 3.15. The molecule has 14 heavy (non-hydrogen) atoms. The van der Waals surface area contributed by atoms with Crippen LogP contribution in [0.2, 0.25) is 5.15 Å². The normalized spacial score (nSPS) is 11.5. The SMILES string of the molecule is CCOc1cc(Cl)nnc1C(F)(F)F. The zero-order valence-corrected chi connectivity index (χ0v) is 7.85. The molecular weight excluding hydrogens is 221 g/mol. The predicted molar refractivity (Wildman–Crippen MR) is 43.2 cm³/mol. The molecule has 0 aliphatic heterocycles. The van der Waals surface area contributed by atoms with Crippen molar-refractivity contribution in [2.45, 2.75) is 13.1 Å². The molecule has 0 aliphatic rings. The third kappa shape index (κ3) is 2.47.